The van der Waals surface area contributed by atoms with Crippen LogP contribution in [0.5, 0.6) is 0 Å². The number of aromatic nitrogens is 3. The number of carbonyl (C=O) groups is 1. The molecule has 0 bridgehead atoms. The number of nitrogens with one attached hydrogen (secondary N) is 2. The number of rotatable bonds is 5. The van der Waals surface area contributed by atoms with Crippen molar-refractivity contribution in [2.45, 2.75) is 38.5 Å². The zero-order valence-corrected chi connectivity index (χ0v) is 18.2. The third-order valence-corrected chi connectivity index (χ3v) is 6.51. The molecule has 1 aromatic carbocycles. The molecule has 2 unspecified atom stereocenters. The standard InChI is InChI=1S/C23H26N6O3/c1-3-28-22(31)16-6-4-14(10-18(16)26-23(28)32)13-27-8-9-29(20-11-19(20)27)15-5-7-17(25-12-15)21(30)24-2/h4-7,10,12,19-20H,3,8-9,11,13H2,1-2H3,(H,24,30)(H,26,32). The highest BCUT2D eigenvalue weighted by Gasteiger charge is 2.48. The molecule has 1 amide bonds. The lowest BCUT2D eigenvalue weighted by molar-refractivity contribution is 0.0958. The number of H-pyrrole nitrogens is 1. The molecule has 2 N–H and O–H groups in total. The molecule has 166 valence electrons. The number of piperazine rings is 1. The smallest absolute Gasteiger partial charge is 0.328 e. The Labute approximate surface area is 184 Å². The van der Waals surface area contributed by atoms with Crippen LogP contribution in [0.3, 0.4) is 0 Å². The third-order valence-electron chi connectivity index (χ3n) is 6.51. The third kappa shape index (κ3) is 3.48. The lowest BCUT2D eigenvalue weighted by atomic mass is 10.1. The summed E-state index contributed by atoms with van der Waals surface area (Å²) in [6.07, 6.45) is 2.86. The first-order valence-electron chi connectivity index (χ1n) is 10.9. The molecule has 32 heavy (non-hydrogen) atoms. The first-order chi connectivity index (χ1) is 15.5. The molecular formula is C23H26N6O3. The van der Waals surface area contributed by atoms with Gasteiger partial charge in [0, 0.05) is 45.3 Å². The number of nitrogens with zero attached hydrogens (tertiary/aromatic N) is 4. The molecule has 1 aliphatic heterocycles. The highest BCUT2D eigenvalue weighted by atomic mass is 16.2. The molecule has 2 aromatic heterocycles. The number of fused-ring (bicyclic) bond motifs is 2. The molecule has 1 aliphatic carbocycles. The van der Waals surface area contributed by atoms with E-state index in [4.69, 9.17) is 0 Å². The zero-order valence-electron chi connectivity index (χ0n) is 18.2. The summed E-state index contributed by atoms with van der Waals surface area (Å²) in [6, 6.07) is 10.3. The van der Waals surface area contributed by atoms with Crippen molar-refractivity contribution < 1.29 is 4.79 Å². The lowest BCUT2D eigenvalue weighted by Gasteiger charge is -2.35. The summed E-state index contributed by atoms with van der Waals surface area (Å²) < 4.78 is 1.21. The second-order valence-corrected chi connectivity index (χ2v) is 8.37. The predicted octanol–water partition coefficient (Wildman–Crippen LogP) is 0.927. The van der Waals surface area contributed by atoms with E-state index in [1.807, 2.05) is 24.3 Å². The van der Waals surface area contributed by atoms with Gasteiger partial charge >= 0.3 is 5.69 Å². The van der Waals surface area contributed by atoms with Crippen molar-refractivity contribution in [2.75, 3.05) is 25.0 Å². The summed E-state index contributed by atoms with van der Waals surface area (Å²) in [5.74, 6) is -0.184. The molecule has 3 heterocycles. The van der Waals surface area contributed by atoms with Crippen molar-refractivity contribution in [3.05, 3.63) is 68.6 Å². The maximum absolute atomic E-state index is 12.5. The van der Waals surface area contributed by atoms with Crippen molar-refractivity contribution in [1.82, 2.24) is 24.8 Å². The van der Waals surface area contributed by atoms with E-state index in [1.165, 1.54) is 4.57 Å². The number of pyridine rings is 1. The van der Waals surface area contributed by atoms with Crippen LogP contribution in [0.4, 0.5) is 5.69 Å². The minimum absolute atomic E-state index is 0.184. The van der Waals surface area contributed by atoms with Gasteiger partial charge in [-0.3, -0.25) is 19.1 Å². The number of carbonyl (C=O) groups excluding carboxylic acids is 1. The maximum Gasteiger partial charge on any atom is 0.328 e. The molecule has 2 aliphatic rings. The monoisotopic (exact) mass is 434 g/mol. The first kappa shape index (κ1) is 20.4. The second-order valence-electron chi connectivity index (χ2n) is 8.37. The molecule has 0 spiro atoms. The lowest BCUT2D eigenvalue weighted by Crippen LogP contribution is -2.46. The van der Waals surface area contributed by atoms with Gasteiger partial charge in [0.2, 0.25) is 0 Å². The Balaban J connectivity index is 1.30. The van der Waals surface area contributed by atoms with E-state index in [1.54, 1.807) is 26.2 Å². The van der Waals surface area contributed by atoms with Crippen LogP contribution in [0.1, 0.15) is 29.4 Å². The molecular weight excluding hydrogens is 408 g/mol. The van der Waals surface area contributed by atoms with Gasteiger partial charge in [0.1, 0.15) is 5.69 Å². The highest BCUT2D eigenvalue weighted by molar-refractivity contribution is 5.92. The summed E-state index contributed by atoms with van der Waals surface area (Å²) in [5.41, 5.74) is 2.52. The fourth-order valence-corrected chi connectivity index (χ4v) is 4.72. The molecule has 9 nitrogen and oxygen atoms in total. The summed E-state index contributed by atoms with van der Waals surface area (Å²) in [5, 5.41) is 3.13. The Bertz CT molecular complexity index is 1300. The quantitative estimate of drug-likeness (QED) is 0.619. The van der Waals surface area contributed by atoms with Gasteiger partial charge in [0.15, 0.2) is 0 Å². The number of hydrogen-bond donors (Lipinski definition) is 2. The highest BCUT2D eigenvalue weighted by Crippen LogP contribution is 2.40. The fraction of sp³-hybridized carbons (Fsp3) is 0.391. The molecule has 1 saturated carbocycles. The molecule has 2 fully saturated rings. The Morgan fingerprint density at radius 3 is 2.75 bits per heavy atom. The molecule has 9 heteroatoms. The number of benzene rings is 1. The summed E-state index contributed by atoms with van der Waals surface area (Å²) >= 11 is 0. The Morgan fingerprint density at radius 2 is 2.03 bits per heavy atom. The van der Waals surface area contributed by atoms with Gasteiger partial charge in [-0.05, 0) is 43.2 Å². The Kier molecular flexibility index (Phi) is 5.05. The first-order valence-corrected chi connectivity index (χ1v) is 10.9. The van der Waals surface area contributed by atoms with Crippen LogP contribution in [0.15, 0.2) is 46.1 Å². The molecule has 0 radical (unpaired) electrons. The van der Waals surface area contributed by atoms with Gasteiger partial charge in [-0.15, -0.1) is 0 Å². The fourth-order valence-electron chi connectivity index (χ4n) is 4.72. The Hall–Kier alpha value is -3.46. The maximum atomic E-state index is 12.5. The summed E-state index contributed by atoms with van der Waals surface area (Å²) in [6.45, 7) is 4.70. The van der Waals surface area contributed by atoms with Crippen LogP contribution in [-0.2, 0) is 13.1 Å². The molecule has 1 saturated heterocycles. The van der Waals surface area contributed by atoms with Gasteiger partial charge in [-0.25, -0.2) is 9.78 Å². The van der Waals surface area contributed by atoms with E-state index >= 15 is 0 Å². The van der Waals surface area contributed by atoms with Crippen LogP contribution < -0.4 is 21.5 Å². The van der Waals surface area contributed by atoms with Gasteiger partial charge in [0.05, 0.1) is 22.8 Å². The molecule has 5 rings (SSSR count). The topological polar surface area (TPSA) is 103 Å². The van der Waals surface area contributed by atoms with E-state index in [2.05, 4.69) is 25.1 Å². The van der Waals surface area contributed by atoms with Gasteiger partial charge in [-0.1, -0.05) is 6.07 Å². The molecule has 2 atom stereocenters. The van der Waals surface area contributed by atoms with E-state index in [9.17, 15) is 14.4 Å². The minimum Gasteiger partial charge on any atom is -0.364 e. The largest absolute Gasteiger partial charge is 0.364 e. The SMILES string of the molecule is CCn1c(=O)[nH]c2cc(CN3CCN(c4ccc(C(=O)NC)nc4)C4CC43)ccc2c1=O. The Morgan fingerprint density at radius 1 is 1.19 bits per heavy atom. The number of hydrogen-bond acceptors (Lipinski definition) is 6. The number of amides is 1. The van der Waals surface area contributed by atoms with E-state index in [0.717, 1.165) is 37.3 Å². The second kappa shape index (κ2) is 7.90. The minimum atomic E-state index is -0.367. The van der Waals surface area contributed by atoms with Crippen molar-refractivity contribution in [3.8, 4) is 0 Å². The van der Waals surface area contributed by atoms with Crippen LogP contribution in [0.25, 0.3) is 10.9 Å². The van der Waals surface area contributed by atoms with Crippen molar-refractivity contribution >= 4 is 22.5 Å². The average molecular weight is 435 g/mol. The average Bonchev–Trinajstić information content (AvgIpc) is 3.60. The van der Waals surface area contributed by atoms with Crippen LogP contribution in [-0.4, -0.2) is 57.6 Å². The van der Waals surface area contributed by atoms with Crippen molar-refractivity contribution in [1.29, 1.82) is 0 Å². The summed E-state index contributed by atoms with van der Waals surface area (Å²) in [7, 11) is 1.60. The van der Waals surface area contributed by atoms with Crippen LogP contribution >= 0.6 is 0 Å². The van der Waals surface area contributed by atoms with Gasteiger partial charge in [-0.2, -0.15) is 0 Å². The van der Waals surface area contributed by atoms with Crippen LogP contribution in [0, 0.1) is 0 Å². The van der Waals surface area contributed by atoms with E-state index in [0.29, 0.717) is 35.2 Å². The number of anilines is 1. The van der Waals surface area contributed by atoms with Crippen molar-refractivity contribution in [3.63, 3.8) is 0 Å². The van der Waals surface area contributed by atoms with Gasteiger partial charge in [0.25, 0.3) is 11.5 Å². The van der Waals surface area contributed by atoms with Crippen molar-refractivity contribution in [2.24, 2.45) is 0 Å². The van der Waals surface area contributed by atoms with E-state index in [-0.39, 0.29) is 17.2 Å². The van der Waals surface area contributed by atoms with Gasteiger partial charge < -0.3 is 15.2 Å². The zero-order chi connectivity index (χ0) is 22.4. The summed E-state index contributed by atoms with van der Waals surface area (Å²) in [4.78, 5) is 48.3. The molecule has 3 aromatic rings. The number of aromatic amines is 1. The normalized spacial score (nSPS) is 20.2. The van der Waals surface area contributed by atoms with E-state index < -0.39 is 0 Å². The predicted molar refractivity (Wildman–Crippen MR) is 122 cm³/mol. The van der Waals surface area contributed by atoms with Crippen LogP contribution in [0.2, 0.25) is 0 Å².